The van der Waals surface area contributed by atoms with E-state index in [1.807, 2.05) is 36.2 Å². The molecule has 126 valence electrons. The van der Waals surface area contributed by atoms with E-state index in [4.69, 9.17) is 11.6 Å². The number of rotatable bonds is 5. The van der Waals surface area contributed by atoms with Gasteiger partial charge in [-0.1, -0.05) is 41.9 Å². The van der Waals surface area contributed by atoms with Crippen molar-refractivity contribution < 1.29 is 4.79 Å². The first-order valence-electron chi connectivity index (χ1n) is 7.90. The van der Waals surface area contributed by atoms with Crippen LogP contribution in [0.15, 0.2) is 72.9 Å². The highest BCUT2D eigenvalue weighted by molar-refractivity contribution is 6.30. The lowest BCUT2D eigenvalue weighted by atomic mass is 10.2. The van der Waals surface area contributed by atoms with Crippen molar-refractivity contribution in [3.8, 4) is 0 Å². The van der Waals surface area contributed by atoms with Gasteiger partial charge in [-0.2, -0.15) is 0 Å². The first-order chi connectivity index (χ1) is 12.1. The molecule has 1 aromatic heterocycles. The molecule has 0 fully saturated rings. The van der Waals surface area contributed by atoms with Crippen LogP contribution in [0, 0.1) is 0 Å². The van der Waals surface area contributed by atoms with Gasteiger partial charge in [0.1, 0.15) is 5.82 Å². The van der Waals surface area contributed by atoms with Crippen LogP contribution in [0.4, 0.5) is 11.5 Å². The second-order valence-corrected chi connectivity index (χ2v) is 6.14. The summed E-state index contributed by atoms with van der Waals surface area (Å²) in [6.45, 7) is 0.754. The molecule has 1 N–H and O–H groups in total. The van der Waals surface area contributed by atoms with Gasteiger partial charge >= 0.3 is 0 Å². The molecule has 0 aliphatic heterocycles. The van der Waals surface area contributed by atoms with Crippen LogP contribution in [0.3, 0.4) is 0 Å². The van der Waals surface area contributed by atoms with Crippen molar-refractivity contribution in [3.63, 3.8) is 0 Å². The number of carbonyl (C=O) groups excluding carboxylic acids is 1. The van der Waals surface area contributed by atoms with Crippen molar-refractivity contribution in [2.24, 2.45) is 0 Å². The van der Waals surface area contributed by atoms with E-state index < -0.39 is 0 Å². The van der Waals surface area contributed by atoms with Gasteiger partial charge in [-0.15, -0.1) is 0 Å². The SMILES string of the molecule is CN(Cc1ccccc1)c1ccc(C(=O)Nc2ccc(Cl)cc2)cn1. The number of nitrogens with one attached hydrogen (secondary N) is 1. The molecule has 0 radical (unpaired) electrons. The molecule has 0 saturated heterocycles. The average molecular weight is 352 g/mol. The summed E-state index contributed by atoms with van der Waals surface area (Å²) in [5, 5.41) is 3.45. The lowest BCUT2D eigenvalue weighted by Gasteiger charge is -2.18. The summed E-state index contributed by atoms with van der Waals surface area (Å²) in [6.07, 6.45) is 1.59. The van der Waals surface area contributed by atoms with Gasteiger partial charge < -0.3 is 10.2 Å². The average Bonchev–Trinajstić information content (AvgIpc) is 2.64. The van der Waals surface area contributed by atoms with E-state index in [9.17, 15) is 4.79 Å². The smallest absolute Gasteiger partial charge is 0.257 e. The summed E-state index contributed by atoms with van der Waals surface area (Å²) in [5.74, 6) is 0.610. The number of anilines is 2. The molecule has 0 spiro atoms. The predicted octanol–water partition coefficient (Wildman–Crippen LogP) is 4.62. The maximum absolute atomic E-state index is 12.3. The van der Waals surface area contributed by atoms with Crippen molar-refractivity contribution in [2.75, 3.05) is 17.3 Å². The molecule has 0 bridgehead atoms. The Labute approximate surface area is 152 Å². The largest absolute Gasteiger partial charge is 0.355 e. The van der Waals surface area contributed by atoms with Crippen molar-refractivity contribution in [2.45, 2.75) is 6.54 Å². The lowest BCUT2D eigenvalue weighted by Crippen LogP contribution is -2.18. The van der Waals surface area contributed by atoms with Crippen molar-refractivity contribution in [1.29, 1.82) is 0 Å². The maximum atomic E-state index is 12.3. The van der Waals surface area contributed by atoms with Crippen LogP contribution in [0.5, 0.6) is 0 Å². The third-order valence-corrected chi connectivity index (χ3v) is 4.02. The zero-order valence-electron chi connectivity index (χ0n) is 13.8. The van der Waals surface area contributed by atoms with E-state index in [0.717, 1.165) is 12.4 Å². The minimum Gasteiger partial charge on any atom is -0.355 e. The molecule has 5 heteroatoms. The number of amides is 1. The van der Waals surface area contributed by atoms with Crippen molar-refractivity contribution in [1.82, 2.24) is 4.98 Å². The second-order valence-electron chi connectivity index (χ2n) is 5.71. The summed E-state index contributed by atoms with van der Waals surface area (Å²) >= 11 is 5.84. The first-order valence-corrected chi connectivity index (χ1v) is 8.27. The van der Waals surface area contributed by atoms with E-state index in [1.165, 1.54) is 5.56 Å². The number of benzene rings is 2. The third-order valence-electron chi connectivity index (χ3n) is 3.77. The van der Waals surface area contributed by atoms with E-state index in [2.05, 4.69) is 22.4 Å². The number of halogens is 1. The van der Waals surface area contributed by atoms with E-state index in [-0.39, 0.29) is 5.91 Å². The van der Waals surface area contributed by atoms with Crippen molar-refractivity contribution in [3.05, 3.63) is 89.1 Å². The summed E-state index contributed by atoms with van der Waals surface area (Å²) < 4.78 is 0. The molecule has 0 aliphatic carbocycles. The normalized spacial score (nSPS) is 10.3. The number of carbonyl (C=O) groups is 1. The molecule has 25 heavy (non-hydrogen) atoms. The summed E-state index contributed by atoms with van der Waals surface area (Å²) in [5.41, 5.74) is 2.41. The van der Waals surface area contributed by atoms with Crippen LogP contribution in [0.1, 0.15) is 15.9 Å². The minimum absolute atomic E-state index is 0.202. The molecular weight excluding hydrogens is 334 g/mol. The summed E-state index contributed by atoms with van der Waals surface area (Å²) in [4.78, 5) is 18.7. The summed E-state index contributed by atoms with van der Waals surface area (Å²) in [6, 6.07) is 20.8. The van der Waals surface area contributed by atoms with E-state index >= 15 is 0 Å². The highest BCUT2D eigenvalue weighted by Gasteiger charge is 2.09. The third kappa shape index (κ3) is 4.58. The van der Waals surface area contributed by atoms with Gasteiger partial charge in [0.05, 0.1) is 5.56 Å². The maximum Gasteiger partial charge on any atom is 0.257 e. The zero-order valence-corrected chi connectivity index (χ0v) is 14.6. The Morgan fingerprint density at radius 3 is 2.40 bits per heavy atom. The molecule has 3 rings (SSSR count). The molecule has 0 saturated carbocycles. The standard InChI is InChI=1S/C20H18ClN3O/c1-24(14-15-5-3-2-4-6-15)19-12-7-16(13-22-19)20(25)23-18-10-8-17(21)9-11-18/h2-13H,14H2,1H3,(H,23,25). The highest BCUT2D eigenvalue weighted by Crippen LogP contribution is 2.16. The van der Waals surface area contributed by atoms with Gasteiger partial charge in [0, 0.05) is 30.5 Å². The highest BCUT2D eigenvalue weighted by atomic mass is 35.5. The van der Waals surface area contributed by atoms with Crippen molar-refractivity contribution >= 4 is 29.0 Å². The van der Waals surface area contributed by atoms with Crippen LogP contribution >= 0.6 is 11.6 Å². The van der Waals surface area contributed by atoms with Gasteiger partial charge in [0.2, 0.25) is 0 Å². The number of pyridine rings is 1. The fourth-order valence-corrected chi connectivity index (χ4v) is 2.55. The Kier molecular flexibility index (Phi) is 5.31. The lowest BCUT2D eigenvalue weighted by molar-refractivity contribution is 0.102. The fraction of sp³-hybridized carbons (Fsp3) is 0.100. The van der Waals surface area contributed by atoms with Crippen LogP contribution < -0.4 is 10.2 Å². The van der Waals surface area contributed by atoms with Crippen LogP contribution in [-0.4, -0.2) is 17.9 Å². The molecule has 3 aromatic rings. The van der Waals surface area contributed by atoms with Crippen LogP contribution in [0.25, 0.3) is 0 Å². The Morgan fingerprint density at radius 1 is 1.04 bits per heavy atom. The van der Waals surface area contributed by atoms with Gasteiger partial charge in [0.25, 0.3) is 5.91 Å². The quantitative estimate of drug-likeness (QED) is 0.729. The molecule has 0 unspecified atom stereocenters. The molecule has 0 aliphatic rings. The molecule has 1 amide bonds. The topological polar surface area (TPSA) is 45.2 Å². The van der Waals surface area contributed by atoms with E-state index in [0.29, 0.717) is 16.3 Å². The molecule has 4 nitrogen and oxygen atoms in total. The van der Waals surface area contributed by atoms with Gasteiger partial charge in [0.15, 0.2) is 0 Å². The van der Waals surface area contributed by atoms with Crippen LogP contribution in [0.2, 0.25) is 5.02 Å². The number of hydrogen-bond donors (Lipinski definition) is 1. The van der Waals surface area contributed by atoms with Gasteiger partial charge in [-0.3, -0.25) is 4.79 Å². The molecule has 2 aromatic carbocycles. The zero-order chi connectivity index (χ0) is 17.6. The van der Waals surface area contributed by atoms with Gasteiger partial charge in [-0.05, 0) is 42.0 Å². The Hall–Kier alpha value is -2.85. The summed E-state index contributed by atoms with van der Waals surface area (Å²) in [7, 11) is 1.97. The fourth-order valence-electron chi connectivity index (χ4n) is 2.42. The Bertz CT molecular complexity index is 833. The molecule has 1 heterocycles. The number of hydrogen-bond acceptors (Lipinski definition) is 3. The number of nitrogens with zero attached hydrogens (tertiary/aromatic N) is 2. The molecule has 0 atom stereocenters. The minimum atomic E-state index is -0.202. The number of aromatic nitrogens is 1. The monoisotopic (exact) mass is 351 g/mol. The van der Waals surface area contributed by atoms with Gasteiger partial charge in [-0.25, -0.2) is 4.98 Å². The Balaban J connectivity index is 1.65. The Morgan fingerprint density at radius 2 is 1.76 bits per heavy atom. The predicted molar refractivity (Wildman–Crippen MR) is 102 cm³/mol. The molecular formula is C20H18ClN3O. The van der Waals surface area contributed by atoms with E-state index in [1.54, 1.807) is 36.5 Å². The first kappa shape index (κ1) is 17.0. The second kappa shape index (κ2) is 7.81. The van der Waals surface area contributed by atoms with Crippen LogP contribution in [-0.2, 0) is 6.54 Å².